The van der Waals surface area contributed by atoms with Crippen LogP contribution in [0.4, 0.5) is 0 Å². The summed E-state index contributed by atoms with van der Waals surface area (Å²) < 4.78 is 0. The van der Waals surface area contributed by atoms with Crippen LogP contribution in [0.2, 0.25) is 0 Å². The highest BCUT2D eigenvalue weighted by Gasteiger charge is 2.14. The Bertz CT molecular complexity index is 631. The number of rotatable bonds is 2. The second-order valence-electron chi connectivity index (χ2n) is 6.11. The Labute approximate surface area is 120 Å². The molecule has 0 saturated carbocycles. The van der Waals surface area contributed by atoms with E-state index >= 15 is 0 Å². The Morgan fingerprint density at radius 2 is 1.60 bits per heavy atom. The molecule has 2 heteroatoms. The van der Waals surface area contributed by atoms with E-state index in [9.17, 15) is 9.90 Å². The first-order valence-electron chi connectivity index (χ1n) is 6.74. The van der Waals surface area contributed by atoms with Crippen LogP contribution in [-0.2, 0) is 5.41 Å². The van der Waals surface area contributed by atoms with Gasteiger partial charge in [-0.2, -0.15) is 0 Å². The van der Waals surface area contributed by atoms with E-state index in [2.05, 4.69) is 45.0 Å². The van der Waals surface area contributed by atoms with Gasteiger partial charge in [-0.1, -0.05) is 57.2 Å². The quantitative estimate of drug-likeness (QED) is 0.860. The van der Waals surface area contributed by atoms with Gasteiger partial charge >= 0.3 is 5.97 Å². The molecule has 2 aromatic carbocycles. The van der Waals surface area contributed by atoms with Crippen LogP contribution in [-0.4, -0.2) is 11.1 Å². The fraction of sp³-hybridized carbons (Fsp3) is 0.278. The predicted molar refractivity (Wildman–Crippen MR) is 82.3 cm³/mol. The zero-order chi connectivity index (χ0) is 14.9. The summed E-state index contributed by atoms with van der Waals surface area (Å²) in [5.74, 6) is -0.879. The summed E-state index contributed by atoms with van der Waals surface area (Å²) in [7, 11) is 0. The minimum Gasteiger partial charge on any atom is -0.478 e. The fourth-order valence-corrected chi connectivity index (χ4v) is 2.33. The maximum atomic E-state index is 11.2. The molecule has 0 fully saturated rings. The molecule has 0 amide bonds. The molecule has 0 aromatic heterocycles. The number of carboxylic acids is 1. The number of carboxylic acid groups (broad SMARTS) is 1. The van der Waals surface area contributed by atoms with Gasteiger partial charge in [-0.05, 0) is 40.7 Å². The average molecular weight is 268 g/mol. The van der Waals surface area contributed by atoms with Crippen molar-refractivity contribution in [3.63, 3.8) is 0 Å². The van der Waals surface area contributed by atoms with Gasteiger partial charge in [0.2, 0.25) is 0 Å². The van der Waals surface area contributed by atoms with Gasteiger partial charge in [-0.15, -0.1) is 0 Å². The molecule has 2 aromatic rings. The van der Waals surface area contributed by atoms with E-state index in [0.29, 0.717) is 5.56 Å². The molecule has 1 N–H and O–H groups in total. The Morgan fingerprint density at radius 1 is 1.00 bits per heavy atom. The summed E-state index contributed by atoms with van der Waals surface area (Å²) >= 11 is 0. The van der Waals surface area contributed by atoms with Crippen LogP contribution in [0.15, 0.2) is 42.5 Å². The third-order valence-corrected chi connectivity index (χ3v) is 3.63. The van der Waals surface area contributed by atoms with Crippen molar-refractivity contribution in [3.8, 4) is 11.1 Å². The number of carbonyl (C=O) groups is 1. The smallest absolute Gasteiger partial charge is 0.335 e. The number of hydrogen-bond donors (Lipinski definition) is 1. The van der Waals surface area contributed by atoms with Crippen molar-refractivity contribution in [2.24, 2.45) is 0 Å². The summed E-state index contributed by atoms with van der Waals surface area (Å²) in [5.41, 5.74) is 4.60. The SMILES string of the molecule is Cc1c(C(=O)O)cccc1-c1ccc(C(C)(C)C)cc1. The van der Waals surface area contributed by atoms with Gasteiger partial charge in [0.25, 0.3) is 0 Å². The molecular formula is C18H20O2. The Morgan fingerprint density at radius 3 is 2.10 bits per heavy atom. The van der Waals surface area contributed by atoms with Crippen LogP contribution in [0.25, 0.3) is 11.1 Å². The van der Waals surface area contributed by atoms with Gasteiger partial charge < -0.3 is 5.11 Å². The fourth-order valence-electron chi connectivity index (χ4n) is 2.33. The Balaban J connectivity index is 2.48. The second-order valence-corrected chi connectivity index (χ2v) is 6.11. The number of hydrogen-bond acceptors (Lipinski definition) is 1. The standard InChI is InChI=1S/C18H20O2/c1-12-15(6-5-7-16(12)17(19)20)13-8-10-14(11-9-13)18(2,3)4/h5-11H,1-4H3,(H,19,20). The first kappa shape index (κ1) is 14.3. The summed E-state index contributed by atoms with van der Waals surface area (Å²) in [6.45, 7) is 8.39. The highest BCUT2D eigenvalue weighted by Crippen LogP contribution is 2.29. The lowest BCUT2D eigenvalue weighted by molar-refractivity contribution is 0.0696. The lowest BCUT2D eigenvalue weighted by Crippen LogP contribution is -2.10. The molecule has 0 aliphatic heterocycles. The first-order chi connectivity index (χ1) is 9.30. The molecule has 0 unspecified atom stereocenters. The maximum Gasteiger partial charge on any atom is 0.335 e. The Kier molecular flexibility index (Phi) is 3.67. The predicted octanol–water partition coefficient (Wildman–Crippen LogP) is 4.66. The van der Waals surface area contributed by atoms with E-state index in [4.69, 9.17) is 0 Å². The molecule has 20 heavy (non-hydrogen) atoms. The molecule has 2 nitrogen and oxygen atoms in total. The van der Waals surface area contributed by atoms with Crippen molar-refractivity contribution in [2.75, 3.05) is 0 Å². The zero-order valence-corrected chi connectivity index (χ0v) is 12.4. The van der Waals surface area contributed by atoms with E-state index < -0.39 is 5.97 Å². The third-order valence-electron chi connectivity index (χ3n) is 3.63. The van der Waals surface area contributed by atoms with Gasteiger partial charge in [-0.25, -0.2) is 4.79 Å². The molecule has 0 bridgehead atoms. The summed E-state index contributed by atoms with van der Waals surface area (Å²) in [6, 6.07) is 13.8. The van der Waals surface area contributed by atoms with Gasteiger partial charge in [0.1, 0.15) is 0 Å². The molecule has 0 radical (unpaired) electrons. The van der Waals surface area contributed by atoms with E-state index in [1.54, 1.807) is 12.1 Å². The van der Waals surface area contributed by atoms with Gasteiger partial charge in [0, 0.05) is 0 Å². The summed E-state index contributed by atoms with van der Waals surface area (Å²) in [6.07, 6.45) is 0. The van der Waals surface area contributed by atoms with Crippen molar-refractivity contribution in [2.45, 2.75) is 33.1 Å². The van der Waals surface area contributed by atoms with Crippen LogP contribution in [0.3, 0.4) is 0 Å². The van der Waals surface area contributed by atoms with E-state index in [1.165, 1.54) is 5.56 Å². The minimum absolute atomic E-state index is 0.122. The third kappa shape index (κ3) is 2.74. The highest BCUT2D eigenvalue weighted by atomic mass is 16.4. The molecule has 0 aliphatic carbocycles. The lowest BCUT2D eigenvalue weighted by atomic mass is 9.86. The summed E-state index contributed by atoms with van der Waals surface area (Å²) in [4.78, 5) is 11.2. The molecule has 0 spiro atoms. The normalized spacial score (nSPS) is 11.4. The lowest BCUT2D eigenvalue weighted by Gasteiger charge is -2.19. The van der Waals surface area contributed by atoms with Crippen molar-refractivity contribution in [1.82, 2.24) is 0 Å². The minimum atomic E-state index is -0.879. The van der Waals surface area contributed by atoms with Crippen LogP contribution in [0.1, 0.15) is 42.3 Å². The van der Waals surface area contributed by atoms with Crippen LogP contribution < -0.4 is 0 Å². The van der Waals surface area contributed by atoms with Crippen molar-refractivity contribution in [3.05, 3.63) is 59.2 Å². The second kappa shape index (κ2) is 5.12. The Hall–Kier alpha value is -2.09. The topological polar surface area (TPSA) is 37.3 Å². The highest BCUT2D eigenvalue weighted by molar-refractivity contribution is 5.92. The zero-order valence-electron chi connectivity index (χ0n) is 12.4. The van der Waals surface area contributed by atoms with Crippen molar-refractivity contribution >= 4 is 5.97 Å². The van der Waals surface area contributed by atoms with E-state index in [0.717, 1.165) is 16.7 Å². The van der Waals surface area contributed by atoms with Gasteiger partial charge in [-0.3, -0.25) is 0 Å². The van der Waals surface area contributed by atoms with Crippen molar-refractivity contribution < 1.29 is 9.90 Å². The largest absolute Gasteiger partial charge is 0.478 e. The van der Waals surface area contributed by atoms with Crippen LogP contribution >= 0.6 is 0 Å². The molecular weight excluding hydrogens is 248 g/mol. The molecule has 0 saturated heterocycles. The van der Waals surface area contributed by atoms with E-state index in [1.807, 2.05) is 13.0 Å². The van der Waals surface area contributed by atoms with Gasteiger partial charge in [0.05, 0.1) is 5.56 Å². The molecule has 0 atom stereocenters. The molecule has 0 aliphatic rings. The molecule has 2 rings (SSSR count). The van der Waals surface area contributed by atoms with Crippen molar-refractivity contribution in [1.29, 1.82) is 0 Å². The van der Waals surface area contributed by atoms with Gasteiger partial charge in [0.15, 0.2) is 0 Å². The van der Waals surface area contributed by atoms with Crippen LogP contribution in [0.5, 0.6) is 0 Å². The monoisotopic (exact) mass is 268 g/mol. The molecule has 0 heterocycles. The maximum absolute atomic E-state index is 11.2. The molecule has 104 valence electrons. The average Bonchev–Trinajstić information content (AvgIpc) is 2.38. The number of aromatic carboxylic acids is 1. The number of benzene rings is 2. The first-order valence-corrected chi connectivity index (χ1v) is 6.74. The summed E-state index contributed by atoms with van der Waals surface area (Å²) in [5, 5.41) is 9.19. The van der Waals surface area contributed by atoms with E-state index in [-0.39, 0.29) is 5.41 Å². The van der Waals surface area contributed by atoms with Crippen LogP contribution in [0, 0.1) is 6.92 Å².